The predicted molar refractivity (Wildman–Crippen MR) is 85.8 cm³/mol. The van der Waals surface area contributed by atoms with Crippen LogP contribution in [0.3, 0.4) is 0 Å². The molecule has 0 radical (unpaired) electrons. The van der Waals surface area contributed by atoms with Gasteiger partial charge in [-0.3, -0.25) is 0 Å². The topological polar surface area (TPSA) is 120 Å². The van der Waals surface area contributed by atoms with Crippen molar-refractivity contribution in [2.45, 2.75) is 13.0 Å². The number of hydrogen-bond acceptors (Lipinski definition) is 7. The molecule has 0 saturated heterocycles. The molecule has 136 valence electrons. The minimum atomic E-state index is -0.866. The molecule has 1 aliphatic heterocycles. The summed E-state index contributed by atoms with van der Waals surface area (Å²) < 4.78 is 20.5. The van der Waals surface area contributed by atoms with E-state index in [0.717, 1.165) is 0 Å². The zero-order valence-electron chi connectivity index (χ0n) is 13.8. The minimum Gasteiger partial charge on any atom is -0.467 e. The molecule has 2 N–H and O–H groups in total. The largest absolute Gasteiger partial charge is 0.467 e. The first-order chi connectivity index (χ1) is 12.6. The van der Waals surface area contributed by atoms with Gasteiger partial charge in [0.2, 0.25) is 5.76 Å². The smallest absolute Gasteiger partial charge is 0.374 e. The molecule has 2 aromatic rings. The van der Waals surface area contributed by atoms with Gasteiger partial charge in [-0.05, 0) is 31.2 Å². The third kappa shape index (κ3) is 3.61. The molecule has 3 heterocycles. The van der Waals surface area contributed by atoms with Crippen molar-refractivity contribution in [3.8, 4) is 0 Å². The quantitative estimate of drug-likeness (QED) is 0.755. The van der Waals surface area contributed by atoms with Crippen LogP contribution < -0.4 is 10.6 Å². The van der Waals surface area contributed by atoms with Crippen LogP contribution in [-0.2, 0) is 14.3 Å². The summed E-state index contributed by atoms with van der Waals surface area (Å²) in [6, 6.07) is 4.79. The molecule has 0 aliphatic carbocycles. The van der Waals surface area contributed by atoms with Crippen molar-refractivity contribution < 1.29 is 32.7 Å². The molecule has 1 aliphatic rings. The summed E-state index contributed by atoms with van der Waals surface area (Å²) in [6.45, 7) is 1.45. The van der Waals surface area contributed by atoms with Gasteiger partial charge in [0.25, 0.3) is 0 Å². The van der Waals surface area contributed by atoms with Crippen molar-refractivity contribution in [3.63, 3.8) is 0 Å². The molecule has 2 amide bonds. The Kier molecular flexibility index (Phi) is 5.07. The molecule has 0 saturated carbocycles. The fourth-order valence-corrected chi connectivity index (χ4v) is 2.45. The lowest BCUT2D eigenvalue weighted by Gasteiger charge is -2.27. The molecule has 3 rings (SSSR count). The van der Waals surface area contributed by atoms with Gasteiger partial charge in [0.1, 0.15) is 18.4 Å². The molecule has 9 heteroatoms. The summed E-state index contributed by atoms with van der Waals surface area (Å²) in [6.07, 6.45) is 2.75. The molecule has 0 bridgehead atoms. The van der Waals surface area contributed by atoms with Crippen LogP contribution in [0, 0.1) is 0 Å². The highest BCUT2D eigenvalue weighted by atomic mass is 16.5. The summed E-state index contributed by atoms with van der Waals surface area (Å²) in [5, 5.41) is 5.07. The molecule has 9 nitrogen and oxygen atoms in total. The second-order valence-corrected chi connectivity index (χ2v) is 5.21. The number of esters is 2. The van der Waals surface area contributed by atoms with Crippen LogP contribution in [0.5, 0.6) is 0 Å². The minimum absolute atomic E-state index is 0.00568. The maximum Gasteiger partial charge on any atom is 0.374 e. The van der Waals surface area contributed by atoms with Gasteiger partial charge in [-0.25, -0.2) is 14.4 Å². The van der Waals surface area contributed by atoms with Gasteiger partial charge in [0, 0.05) is 0 Å². The fraction of sp³-hybridized carbons (Fsp3) is 0.235. The SMILES string of the molecule is CCOC(=O)C1=C(COC(=O)c2ccco2)NC(=O)N[C@H]1c1ccco1. The number of ether oxygens (including phenoxy) is 2. The number of carbonyl (C=O) groups excluding carboxylic acids is 3. The summed E-state index contributed by atoms with van der Waals surface area (Å²) >= 11 is 0. The molecular formula is C17H16N2O7. The maximum atomic E-state index is 12.4. The number of urea groups is 1. The van der Waals surface area contributed by atoms with Gasteiger partial charge in [-0.15, -0.1) is 0 Å². The Labute approximate surface area is 147 Å². The van der Waals surface area contributed by atoms with Crippen molar-refractivity contribution >= 4 is 18.0 Å². The second kappa shape index (κ2) is 7.60. The lowest BCUT2D eigenvalue weighted by atomic mass is 10.0. The van der Waals surface area contributed by atoms with Gasteiger partial charge in [0.05, 0.1) is 30.4 Å². The molecule has 0 unspecified atom stereocenters. The highest BCUT2D eigenvalue weighted by Gasteiger charge is 2.35. The highest BCUT2D eigenvalue weighted by molar-refractivity contribution is 5.95. The third-order valence-corrected chi connectivity index (χ3v) is 3.55. The van der Waals surface area contributed by atoms with Crippen molar-refractivity contribution in [2.24, 2.45) is 0 Å². The molecule has 0 fully saturated rings. The number of amides is 2. The van der Waals surface area contributed by atoms with Crippen LogP contribution in [0.2, 0.25) is 0 Å². The highest BCUT2D eigenvalue weighted by Crippen LogP contribution is 2.28. The second-order valence-electron chi connectivity index (χ2n) is 5.21. The molecule has 26 heavy (non-hydrogen) atoms. The number of hydrogen-bond donors (Lipinski definition) is 2. The van der Waals surface area contributed by atoms with E-state index >= 15 is 0 Å². The number of carbonyl (C=O) groups is 3. The van der Waals surface area contributed by atoms with E-state index in [1.54, 1.807) is 25.1 Å². The van der Waals surface area contributed by atoms with E-state index in [0.29, 0.717) is 5.76 Å². The monoisotopic (exact) mass is 360 g/mol. The van der Waals surface area contributed by atoms with Crippen LogP contribution in [0.4, 0.5) is 4.79 Å². The first-order valence-electron chi connectivity index (χ1n) is 7.81. The van der Waals surface area contributed by atoms with E-state index in [-0.39, 0.29) is 30.2 Å². The average molecular weight is 360 g/mol. The molecular weight excluding hydrogens is 344 g/mol. The molecule has 1 atom stereocenters. The van der Waals surface area contributed by atoms with Crippen molar-refractivity contribution in [1.82, 2.24) is 10.6 Å². The van der Waals surface area contributed by atoms with Crippen LogP contribution in [0.25, 0.3) is 0 Å². The fourth-order valence-electron chi connectivity index (χ4n) is 2.45. The zero-order valence-corrected chi connectivity index (χ0v) is 13.8. The Hall–Kier alpha value is -3.49. The van der Waals surface area contributed by atoms with Crippen LogP contribution >= 0.6 is 0 Å². The van der Waals surface area contributed by atoms with Gasteiger partial charge in [-0.1, -0.05) is 0 Å². The Morgan fingerprint density at radius 1 is 1.12 bits per heavy atom. The number of rotatable bonds is 6. The number of nitrogens with one attached hydrogen (secondary N) is 2. The average Bonchev–Trinajstić information content (AvgIpc) is 3.32. The Morgan fingerprint density at radius 3 is 2.54 bits per heavy atom. The third-order valence-electron chi connectivity index (χ3n) is 3.55. The van der Waals surface area contributed by atoms with E-state index in [2.05, 4.69) is 10.6 Å². The summed E-state index contributed by atoms with van der Waals surface area (Å²) in [7, 11) is 0. The summed E-state index contributed by atoms with van der Waals surface area (Å²) in [4.78, 5) is 36.3. The van der Waals surface area contributed by atoms with Crippen LogP contribution in [-0.4, -0.2) is 31.2 Å². The van der Waals surface area contributed by atoms with Crippen molar-refractivity contribution in [1.29, 1.82) is 0 Å². The Morgan fingerprint density at radius 2 is 1.88 bits per heavy atom. The summed E-state index contributed by atoms with van der Waals surface area (Å²) in [5.41, 5.74) is 0.196. The first-order valence-corrected chi connectivity index (χ1v) is 7.81. The van der Waals surface area contributed by atoms with Crippen molar-refractivity contribution in [2.75, 3.05) is 13.2 Å². The lowest BCUT2D eigenvalue weighted by molar-refractivity contribution is -0.139. The predicted octanol–water partition coefficient (Wildman–Crippen LogP) is 1.90. The Bertz CT molecular complexity index is 821. The van der Waals surface area contributed by atoms with Gasteiger partial charge < -0.3 is 28.9 Å². The lowest BCUT2D eigenvalue weighted by Crippen LogP contribution is -2.47. The van der Waals surface area contributed by atoms with Gasteiger partial charge in [-0.2, -0.15) is 0 Å². The summed E-state index contributed by atoms with van der Waals surface area (Å²) in [5.74, 6) is -1.04. The van der Waals surface area contributed by atoms with Crippen LogP contribution in [0.1, 0.15) is 29.3 Å². The van der Waals surface area contributed by atoms with E-state index in [1.165, 1.54) is 18.6 Å². The first kappa shape index (κ1) is 17.3. The van der Waals surface area contributed by atoms with E-state index in [4.69, 9.17) is 18.3 Å². The van der Waals surface area contributed by atoms with Gasteiger partial charge in [0.15, 0.2) is 0 Å². The molecule has 0 spiro atoms. The normalized spacial score (nSPS) is 16.7. The Balaban J connectivity index is 1.89. The van der Waals surface area contributed by atoms with Crippen molar-refractivity contribution in [3.05, 3.63) is 59.6 Å². The van der Waals surface area contributed by atoms with Crippen LogP contribution in [0.15, 0.2) is 56.9 Å². The van der Waals surface area contributed by atoms with Gasteiger partial charge >= 0.3 is 18.0 Å². The standard InChI is InChI=1S/C17H16N2O7/c1-2-23-16(21)13-10(9-26-15(20)12-6-4-8-25-12)18-17(22)19-14(13)11-5-3-7-24-11/h3-8,14H,2,9H2,1H3,(H2,18,19,22)/t14-/m0/s1. The maximum absolute atomic E-state index is 12.4. The molecule has 2 aromatic heterocycles. The van der Waals surface area contributed by atoms with E-state index in [9.17, 15) is 14.4 Å². The number of furan rings is 2. The molecule has 0 aromatic carbocycles. The zero-order chi connectivity index (χ0) is 18.5. The van der Waals surface area contributed by atoms with E-state index in [1.807, 2.05) is 0 Å². The van der Waals surface area contributed by atoms with E-state index < -0.39 is 24.0 Å².